The standard InChI is InChI=1S/C21H16F3N3O3S2/c1-2-32(29,30)20-12-26-19(17-5-3-4-8-25-17)11-15(20)18-10-13-9-14(6-7-16(13)27-18)31(28)21(22,23)24/h3-12,27H,2H2,1H3. The molecule has 166 valence electrons. The van der Waals surface area contributed by atoms with Crippen LogP contribution in [0.3, 0.4) is 0 Å². The second-order valence-corrected chi connectivity index (χ2v) is 10.5. The number of hydrogen-bond donors (Lipinski definition) is 1. The predicted octanol–water partition coefficient (Wildman–Crippen LogP) is 4.71. The normalized spacial score (nSPS) is 13.4. The number of pyridine rings is 2. The molecule has 0 bridgehead atoms. The molecule has 1 N–H and O–H groups in total. The molecule has 1 atom stereocenters. The Labute approximate surface area is 183 Å². The van der Waals surface area contributed by atoms with E-state index in [1.807, 2.05) is 0 Å². The van der Waals surface area contributed by atoms with Gasteiger partial charge in [0.25, 0.3) is 0 Å². The van der Waals surface area contributed by atoms with Crippen molar-refractivity contribution in [1.29, 1.82) is 0 Å². The maximum atomic E-state index is 12.8. The molecule has 0 saturated carbocycles. The van der Waals surface area contributed by atoms with Crippen LogP contribution in [0, 0.1) is 0 Å². The second kappa shape index (κ2) is 8.14. The number of hydrogen-bond acceptors (Lipinski definition) is 5. The lowest BCUT2D eigenvalue weighted by Gasteiger charge is -2.10. The summed E-state index contributed by atoms with van der Waals surface area (Å²) in [6.45, 7) is 1.51. The summed E-state index contributed by atoms with van der Waals surface area (Å²) in [6, 6.07) is 12.0. The van der Waals surface area contributed by atoms with Crippen molar-refractivity contribution in [3.8, 4) is 22.6 Å². The van der Waals surface area contributed by atoms with Crippen LogP contribution in [0.5, 0.6) is 0 Å². The van der Waals surface area contributed by atoms with E-state index >= 15 is 0 Å². The molecule has 11 heteroatoms. The molecule has 1 unspecified atom stereocenters. The summed E-state index contributed by atoms with van der Waals surface area (Å²) >= 11 is 0. The van der Waals surface area contributed by atoms with Crippen molar-refractivity contribution in [2.45, 2.75) is 22.2 Å². The molecular weight excluding hydrogens is 463 g/mol. The van der Waals surface area contributed by atoms with Crippen molar-refractivity contribution in [1.82, 2.24) is 15.0 Å². The van der Waals surface area contributed by atoms with Crippen molar-refractivity contribution >= 4 is 31.5 Å². The summed E-state index contributed by atoms with van der Waals surface area (Å²) in [5.74, 6) is -0.153. The van der Waals surface area contributed by atoms with Crippen molar-refractivity contribution in [2.75, 3.05) is 5.75 Å². The maximum absolute atomic E-state index is 12.8. The van der Waals surface area contributed by atoms with Crippen LogP contribution in [-0.4, -0.2) is 38.8 Å². The molecule has 0 aliphatic rings. The van der Waals surface area contributed by atoms with Crippen molar-refractivity contribution < 1.29 is 25.8 Å². The molecule has 0 fully saturated rings. The Bertz CT molecular complexity index is 1430. The zero-order valence-electron chi connectivity index (χ0n) is 16.6. The molecule has 0 aliphatic carbocycles. The molecule has 4 aromatic rings. The van der Waals surface area contributed by atoms with Crippen LogP contribution >= 0.6 is 0 Å². The highest BCUT2D eigenvalue weighted by atomic mass is 32.2. The zero-order valence-corrected chi connectivity index (χ0v) is 18.2. The molecule has 0 saturated heterocycles. The van der Waals surface area contributed by atoms with Gasteiger partial charge in [-0.1, -0.05) is 13.0 Å². The van der Waals surface area contributed by atoms with Gasteiger partial charge in [-0.3, -0.25) is 9.97 Å². The van der Waals surface area contributed by atoms with Gasteiger partial charge in [0, 0.05) is 39.4 Å². The first-order valence-electron chi connectivity index (χ1n) is 9.36. The number of halogens is 3. The van der Waals surface area contributed by atoms with E-state index in [-0.39, 0.29) is 15.5 Å². The number of nitrogens with one attached hydrogen (secondary N) is 1. The van der Waals surface area contributed by atoms with Crippen LogP contribution in [0.15, 0.2) is 70.7 Å². The number of sulfone groups is 1. The Morgan fingerprint density at radius 3 is 2.47 bits per heavy atom. The van der Waals surface area contributed by atoms with Gasteiger partial charge in [0.2, 0.25) is 0 Å². The number of aromatic amines is 1. The minimum Gasteiger partial charge on any atom is -0.354 e. The summed E-state index contributed by atoms with van der Waals surface area (Å²) in [5, 5.41) is 0.367. The maximum Gasteiger partial charge on any atom is 0.475 e. The summed E-state index contributed by atoms with van der Waals surface area (Å²) < 4.78 is 75.6. The van der Waals surface area contributed by atoms with E-state index in [0.29, 0.717) is 33.5 Å². The molecule has 6 nitrogen and oxygen atoms in total. The molecule has 4 rings (SSSR count). The Balaban J connectivity index is 1.90. The van der Waals surface area contributed by atoms with Crippen molar-refractivity contribution in [3.05, 3.63) is 60.9 Å². The van der Waals surface area contributed by atoms with E-state index in [1.165, 1.54) is 31.3 Å². The van der Waals surface area contributed by atoms with Crippen LogP contribution in [0.2, 0.25) is 0 Å². The van der Waals surface area contributed by atoms with Crippen LogP contribution in [-0.2, 0) is 20.6 Å². The van der Waals surface area contributed by atoms with Gasteiger partial charge < -0.3 is 4.98 Å². The summed E-state index contributed by atoms with van der Waals surface area (Å²) in [5.41, 5.74) is -2.74. The first-order valence-corrected chi connectivity index (χ1v) is 12.2. The Hall–Kier alpha value is -3.05. The Morgan fingerprint density at radius 1 is 1.03 bits per heavy atom. The lowest BCUT2D eigenvalue weighted by atomic mass is 10.1. The van der Waals surface area contributed by atoms with Gasteiger partial charge in [0.1, 0.15) is 0 Å². The third-order valence-corrected chi connectivity index (χ3v) is 7.67. The Morgan fingerprint density at radius 2 is 1.81 bits per heavy atom. The lowest BCUT2D eigenvalue weighted by molar-refractivity contribution is -0.0384. The molecule has 0 amide bonds. The minimum absolute atomic E-state index is 0.00895. The number of benzene rings is 1. The van der Waals surface area contributed by atoms with E-state index in [2.05, 4.69) is 15.0 Å². The van der Waals surface area contributed by atoms with Crippen molar-refractivity contribution in [3.63, 3.8) is 0 Å². The summed E-state index contributed by atoms with van der Waals surface area (Å²) in [4.78, 5) is 11.1. The first-order chi connectivity index (χ1) is 15.1. The van der Waals surface area contributed by atoms with Gasteiger partial charge in [0.15, 0.2) is 20.6 Å². The zero-order chi connectivity index (χ0) is 23.1. The lowest BCUT2D eigenvalue weighted by Crippen LogP contribution is -2.15. The first kappa shape index (κ1) is 22.2. The molecule has 32 heavy (non-hydrogen) atoms. The van der Waals surface area contributed by atoms with Gasteiger partial charge in [-0.05, 0) is 42.5 Å². The predicted molar refractivity (Wildman–Crippen MR) is 115 cm³/mol. The number of fused-ring (bicyclic) bond motifs is 1. The summed E-state index contributed by atoms with van der Waals surface area (Å²) in [7, 11) is -6.82. The van der Waals surface area contributed by atoms with Crippen LogP contribution in [0.4, 0.5) is 13.2 Å². The van der Waals surface area contributed by atoms with E-state index in [4.69, 9.17) is 0 Å². The molecule has 0 aliphatic heterocycles. The highest BCUT2D eigenvalue weighted by Crippen LogP contribution is 2.34. The number of nitrogens with zero attached hydrogens (tertiary/aromatic N) is 2. The highest BCUT2D eigenvalue weighted by Gasteiger charge is 2.38. The molecule has 0 radical (unpaired) electrons. The fraction of sp³-hybridized carbons (Fsp3) is 0.143. The van der Waals surface area contributed by atoms with Crippen molar-refractivity contribution in [2.24, 2.45) is 0 Å². The number of H-pyrrole nitrogens is 1. The van der Waals surface area contributed by atoms with Crippen LogP contribution in [0.25, 0.3) is 33.5 Å². The number of rotatable bonds is 5. The van der Waals surface area contributed by atoms with Gasteiger partial charge >= 0.3 is 5.51 Å². The third-order valence-electron chi connectivity index (χ3n) is 4.82. The van der Waals surface area contributed by atoms with Gasteiger partial charge in [-0.2, -0.15) is 13.2 Å². The minimum atomic E-state index is -4.88. The fourth-order valence-corrected chi connectivity index (χ4v) is 4.94. The monoisotopic (exact) mass is 479 g/mol. The van der Waals surface area contributed by atoms with Crippen LogP contribution in [0.1, 0.15) is 6.92 Å². The third kappa shape index (κ3) is 4.17. The average Bonchev–Trinajstić information content (AvgIpc) is 3.21. The largest absolute Gasteiger partial charge is 0.475 e. The molecular formula is C21H16F3N3O3S2. The van der Waals surface area contributed by atoms with Crippen LogP contribution < -0.4 is 0 Å². The highest BCUT2D eigenvalue weighted by molar-refractivity contribution is 7.91. The second-order valence-electron chi connectivity index (χ2n) is 6.83. The Kier molecular flexibility index (Phi) is 5.63. The van der Waals surface area contributed by atoms with E-state index < -0.39 is 26.1 Å². The fourth-order valence-electron chi connectivity index (χ4n) is 3.22. The summed E-state index contributed by atoms with van der Waals surface area (Å²) in [6.07, 6.45) is 2.84. The van der Waals surface area contributed by atoms with Gasteiger partial charge in [-0.25, -0.2) is 12.6 Å². The van der Waals surface area contributed by atoms with Gasteiger partial charge in [0.05, 0.1) is 22.0 Å². The average molecular weight is 480 g/mol. The topological polar surface area (TPSA) is 92.8 Å². The van der Waals surface area contributed by atoms with E-state index in [1.54, 1.807) is 30.5 Å². The molecule has 3 aromatic heterocycles. The molecule has 3 heterocycles. The number of alkyl halides is 3. The van der Waals surface area contributed by atoms with Gasteiger partial charge in [-0.15, -0.1) is 0 Å². The SMILES string of the molecule is CCS(=O)(=O)c1cnc(-c2ccccn2)cc1-c1cc2cc(S(=O)C(F)(F)F)ccc2[nH]1. The number of aromatic nitrogens is 3. The van der Waals surface area contributed by atoms with E-state index in [0.717, 1.165) is 6.07 Å². The quantitative estimate of drug-likeness (QED) is 0.447. The smallest absolute Gasteiger partial charge is 0.354 e. The molecule has 0 spiro atoms. The van der Waals surface area contributed by atoms with E-state index in [9.17, 15) is 25.8 Å². The molecule has 1 aromatic carbocycles.